The predicted octanol–water partition coefficient (Wildman–Crippen LogP) is 3.23. The Balaban J connectivity index is 1.28. The van der Waals surface area contributed by atoms with E-state index in [9.17, 15) is 4.79 Å². The Morgan fingerprint density at radius 1 is 1.12 bits per heavy atom. The van der Waals surface area contributed by atoms with Gasteiger partial charge < -0.3 is 14.4 Å². The second-order valence-corrected chi connectivity index (χ2v) is 6.84. The second-order valence-electron chi connectivity index (χ2n) is 6.84. The summed E-state index contributed by atoms with van der Waals surface area (Å²) in [4.78, 5) is 14.8. The van der Waals surface area contributed by atoms with Crippen LogP contribution in [0, 0.1) is 5.92 Å². The quantitative estimate of drug-likeness (QED) is 0.841. The molecule has 130 valence electrons. The molecular weight excluding hydrogens is 314 g/mol. The van der Waals surface area contributed by atoms with Crippen molar-refractivity contribution >= 4 is 5.91 Å². The van der Waals surface area contributed by atoms with E-state index in [2.05, 4.69) is 12.1 Å². The van der Waals surface area contributed by atoms with Crippen LogP contribution in [0.25, 0.3) is 0 Å². The molecule has 0 saturated carbocycles. The van der Waals surface area contributed by atoms with Gasteiger partial charge in [-0.1, -0.05) is 48.5 Å². The SMILES string of the molecule is O=C(C1COc2ccccc21)N1CCC(COCc2ccccc2)C1. The second kappa shape index (κ2) is 7.28. The molecule has 1 saturated heterocycles. The van der Waals surface area contributed by atoms with Crippen molar-refractivity contribution in [3.8, 4) is 5.75 Å². The molecule has 2 aromatic carbocycles. The maximum atomic E-state index is 12.9. The number of nitrogens with zero attached hydrogens (tertiary/aromatic N) is 1. The van der Waals surface area contributed by atoms with Crippen LogP contribution in [0.4, 0.5) is 0 Å². The van der Waals surface area contributed by atoms with E-state index in [-0.39, 0.29) is 11.8 Å². The standard InChI is InChI=1S/C21H23NO3/c23-21(19-15-25-20-9-5-4-8-18(19)20)22-11-10-17(12-22)14-24-13-16-6-2-1-3-7-16/h1-9,17,19H,10-15H2. The molecule has 4 heteroatoms. The highest BCUT2D eigenvalue weighted by Gasteiger charge is 2.36. The summed E-state index contributed by atoms with van der Waals surface area (Å²) >= 11 is 0. The predicted molar refractivity (Wildman–Crippen MR) is 95.5 cm³/mol. The summed E-state index contributed by atoms with van der Waals surface area (Å²) < 4.78 is 11.5. The summed E-state index contributed by atoms with van der Waals surface area (Å²) in [5, 5.41) is 0. The van der Waals surface area contributed by atoms with Gasteiger partial charge in [-0.25, -0.2) is 0 Å². The molecule has 1 fully saturated rings. The average Bonchev–Trinajstić information content (AvgIpc) is 3.29. The van der Waals surface area contributed by atoms with Gasteiger partial charge in [0, 0.05) is 24.6 Å². The number of ether oxygens (including phenoxy) is 2. The molecule has 2 atom stereocenters. The topological polar surface area (TPSA) is 38.8 Å². The highest BCUT2D eigenvalue weighted by atomic mass is 16.5. The van der Waals surface area contributed by atoms with E-state index in [0.717, 1.165) is 30.8 Å². The molecule has 2 aliphatic heterocycles. The van der Waals surface area contributed by atoms with Gasteiger partial charge in [-0.2, -0.15) is 0 Å². The smallest absolute Gasteiger partial charge is 0.233 e. The van der Waals surface area contributed by atoms with Gasteiger partial charge in [0.15, 0.2) is 0 Å². The van der Waals surface area contributed by atoms with Crippen LogP contribution in [0.2, 0.25) is 0 Å². The first-order valence-electron chi connectivity index (χ1n) is 8.93. The van der Waals surface area contributed by atoms with E-state index >= 15 is 0 Å². The van der Waals surface area contributed by atoms with Crippen LogP contribution < -0.4 is 4.74 Å². The first-order chi connectivity index (χ1) is 12.3. The van der Waals surface area contributed by atoms with Gasteiger partial charge in [0.1, 0.15) is 18.3 Å². The molecule has 2 heterocycles. The third-order valence-corrected chi connectivity index (χ3v) is 5.06. The molecule has 1 amide bonds. The fourth-order valence-electron chi connectivity index (χ4n) is 3.67. The summed E-state index contributed by atoms with van der Waals surface area (Å²) in [6.07, 6.45) is 1.01. The molecule has 25 heavy (non-hydrogen) atoms. The average molecular weight is 337 g/mol. The maximum Gasteiger partial charge on any atom is 0.233 e. The lowest BCUT2D eigenvalue weighted by atomic mass is 10.00. The molecule has 0 spiro atoms. The van der Waals surface area contributed by atoms with E-state index in [4.69, 9.17) is 9.47 Å². The van der Waals surface area contributed by atoms with Crippen LogP contribution in [-0.4, -0.2) is 37.1 Å². The zero-order valence-corrected chi connectivity index (χ0v) is 14.3. The number of hydrogen-bond donors (Lipinski definition) is 0. The molecular formula is C21H23NO3. The zero-order chi connectivity index (χ0) is 17.1. The Bertz CT molecular complexity index is 731. The van der Waals surface area contributed by atoms with Gasteiger partial charge in [0.2, 0.25) is 5.91 Å². The zero-order valence-electron chi connectivity index (χ0n) is 14.3. The van der Waals surface area contributed by atoms with Crippen molar-refractivity contribution in [1.82, 2.24) is 4.90 Å². The lowest BCUT2D eigenvalue weighted by Crippen LogP contribution is -2.34. The molecule has 0 aromatic heterocycles. The summed E-state index contributed by atoms with van der Waals surface area (Å²) in [6.45, 7) is 3.40. The minimum atomic E-state index is -0.153. The third kappa shape index (κ3) is 3.54. The number of fused-ring (bicyclic) bond motifs is 1. The molecule has 0 aliphatic carbocycles. The van der Waals surface area contributed by atoms with Crippen molar-refractivity contribution < 1.29 is 14.3 Å². The molecule has 2 aromatic rings. The fraction of sp³-hybridized carbons (Fsp3) is 0.381. The number of amides is 1. The van der Waals surface area contributed by atoms with E-state index in [1.54, 1.807) is 0 Å². The van der Waals surface area contributed by atoms with Crippen molar-refractivity contribution in [1.29, 1.82) is 0 Å². The normalized spacial score (nSPS) is 21.8. The minimum absolute atomic E-state index is 0.153. The Kier molecular flexibility index (Phi) is 4.70. The number of rotatable bonds is 5. The van der Waals surface area contributed by atoms with Gasteiger partial charge in [0.05, 0.1) is 13.2 Å². The highest BCUT2D eigenvalue weighted by molar-refractivity contribution is 5.85. The lowest BCUT2D eigenvalue weighted by molar-refractivity contribution is -0.132. The van der Waals surface area contributed by atoms with Gasteiger partial charge in [-0.05, 0) is 18.1 Å². The van der Waals surface area contributed by atoms with Crippen LogP contribution in [0.3, 0.4) is 0 Å². The monoisotopic (exact) mass is 337 g/mol. The van der Waals surface area contributed by atoms with Gasteiger partial charge in [-0.15, -0.1) is 0 Å². The summed E-state index contributed by atoms with van der Waals surface area (Å²) in [6, 6.07) is 18.1. The van der Waals surface area contributed by atoms with Crippen LogP contribution in [0.1, 0.15) is 23.5 Å². The van der Waals surface area contributed by atoms with Crippen molar-refractivity contribution in [2.24, 2.45) is 5.92 Å². The number of likely N-dealkylation sites (tertiary alicyclic amines) is 1. The lowest BCUT2D eigenvalue weighted by Gasteiger charge is -2.20. The number of hydrogen-bond acceptors (Lipinski definition) is 3. The number of benzene rings is 2. The van der Waals surface area contributed by atoms with Gasteiger partial charge in [-0.3, -0.25) is 4.79 Å². The summed E-state index contributed by atoms with van der Waals surface area (Å²) in [7, 11) is 0. The first kappa shape index (κ1) is 16.2. The fourth-order valence-corrected chi connectivity index (χ4v) is 3.67. The number of para-hydroxylation sites is 1. The van der Waals surface area contributed by atoms with Crippen molar-refractivity contribution in [3.63, 3.8) is 0 Å². The maximum absolute atomic E-state index is 12.9. The van der Waals surface area contributed by atoms with Crippen LogP contribution in [0.15, 0.2) is 54.6 Å². The Morgan fingerprint density at radius 3 is 2.80 bits per heavy atom. The van der Waals surface area contributed by atoms with Crippen molar-refractivity contribution in [3.05, 3.63) is 65.7 Å². The summed E-state index contributed by atoms with van der Waals surface area (Å²) in [5.41, 5.74) is 2.21. The van der Waals surface area contributed by atoms with E-state index in [1.807, 2.05) is 47.4 Å². The number of carbonyl (C=O) groups excluding carboxylic acids is 1. The summed E-state index contributed by atoms with van der Waals surface area (Å²) in [5.74, 6) is 1.31. The van der Waals surface area contributed by atoms with Crippen LogP contribution >= 0.6 is 0 Å². The van der Waals surface area contributed by atoms with E-state index < -0.39 is 0 Å². The molecule has 0 bridgehead atoms. The van der Waals surface area contributed by atoms with Crippen molar-refractivity contribution in [2.45, 2.75) is 18.9 Å². The van der Waals surface area contributed by atoms with Gasteiger partial charge in [0.25, 0.3) is 0 Å². The van der Waals surface area contributed by atoms with Crippen LogP contribution in [-0.2, 0) is 16.1 Å². The molecule has 0 N–H and O–H groups in total. The third-order valence-electron chi connectivity index (χ3n) is 5.06. The van der Waals surface area contributed by atoms with E-state index in [0.29, 0.717) is 25.7 Å². The Labute approximate surface area is 148 Å². The number of carbonyl (C=O) groups is 1. The minimum Gasteiger partial charge on any atom is -0.492 e. The van der Waals surface area contributed by atoms with E-state index in [1.165, 1.54) is 5.56 Å². The molecule has 2 aliphatic rings. The molecule has 4 nitrogen and oxygen atoms in total. The Morgan fingerprint density at radius 2 is 1.92 bits per heavy atom. The highest BCUT2D eigenvalue weighted by Crippen LogP contribution is 2.35. The first-order valence-corrected chi connectivity index (χ1v) is 8.93. The Hall–Kier alpha value is -2.33. The molecule has 2 unspecified atom stereocenters. The molecule has 4 rings (SSSR count). The largest absolute Gasteiger partial charge is 0.492 e. The van der Waals surface area contributed by atoms with Gasteiger partial charge >= 0.3 is 0 Å². The molecule has 0 radical (unpaired) electrons. The van der Waals surface area contributed by atoms with Crippen LogP contribution in [0.5, 0.6) is 5.75 Å². The van der Waals surface area contributed by atoms with Crippen molar-refractivity contribution in [2.75, 3.05) is 26.3 Å².